The van der Waals surface area contributed by atoms with Crippen molar-refractivity contribution in [3.05, 3.63) is 23.8 Å². The van der Waals surface area contributed by atoms with Crippen LogP contribution in [0.15, 0.2) is 18.2 Å². The van der Waals surface area contributed by atoms with E-state index in [9.17, 15) is 8.42 Å². The number of hydrogen-bond acceptors (Lipinski definition) is 5. The zero-order chi connectivity index (χ0) is 13.2. The molecule has 0 fully saturated rings. The highest BCUT2D eigenvalue weighted by Crippen LogP contribution is 2.34. The minimum atomic E-state index is -3.04. The first-order valence-electron chi connectivity index (χ1n) is 5.80. The largest absolute Gasteiger partial charge is 0.454 e. The molecule has 0 bridgehead atoms. The molecule has 1 aliphatic heterocycles. The van der Waals surface area contributed by atoms with Gasteiger partial charge in [-0.05, 0) is 24.2 Å². The van der Waals surface area contributed by atoms with E-state index in [0.29, 0.717) is 18.0 Å². The fraction of sp³-hybridized carbons (Fsp3) is 0.500. The summed E-state index contributed by atoms with van der Waals surface area (Å²) in [6.07, 6.45) is 1.24. The first-order chi connectivity index (χ1) is 8.49. The molecule has 0 saturated heterocycles. The van der Waals surface area contributed by atoms with E-state index in [4.69, 9.17) is 9.47 Å². The van der Waals surface area contributed by atoms with Crippen molar-refractivity contribution in [1.82, 2.24) is 5.32 Å². The number of fused-ring (bicyclic) bond motifs is 1. The summed E-state index contributed by atoms with van der Waals surface area (Å²) in [6.45, 7) is 2.87. The molecule has 1 aliphatic rings. The van der Waals surface area contributed by atoms with Crippen molar-refractivity contribution in [2.75, 3.05) is 25.3 Å². The molecule has 0 aromatic heterocycles. The van der Waals surface area contributed by atoms with Crippen molar-refractivity contribution in [2.24, 2.45) is 0 Å². The third-order valence-corrected chi connectivity index (χ3v) is 3.66. The minimum Gasteiger partial charge on any atom is -0.454 e. The quantitative estimate of drug-likeness (QED) is 0.869. The first-order valence-corrected chi connectivity index (χ1v) is 7.86. The van der Waals surface area contributed by atoms with E-state index in [2.05, 4.69) is 5.32 Å². The molecule has 18 heavy (non-hydrogen) atoms. The Morgan fingerprint density at radius 3 is 2.72 bits per heavy atom. The van der Waals surface area contributed by atoms with Gasteiger partial charge in [0.15, 0.2) is 11.5 Å². The molecular formula is C12H17NO4S. The Kier molecular flexibility index (Phi) is 3.77. The first kappa shape index (κ1) is 13.2. The molecule has 1 atom stereocenters. The molecule has 6 heteroatoms. The molecule has 0 amide bonds. The van der Waals surface area contributed by atoms with E-state index < -0.39 is 9.84 Å². The summed E-state index contributed by atoms with van der Waals surface area (Å²) in [5.74, 6) is 1.44. The van der Waals surface area contributed by atoms with E-state index in [0.717, 1.165) is 5.56 Å². The third-order valence-electron chi connectivity index (χ3n) is 2.72. The van der Waals surface area contributed by atoms with Crippen LogP contribution in [-0.4, -0.2) is 33.8 Å². The van der Waals surface area contributed by atoms with Crippen molar-refractivity contribution in [1.29, 1.82) is 0 Å². The number of ether oxygens (including phenoxy) is 2. The predicted octanol–water partition coefficient (Wildman–Crippen LogP) is 1.11. The van der Waals surface area contributed by atoms with Gasteiger partial charge in [0.1, 0.15) is 9.84 Å². The molecule has 0 aliphatic carbocycles. The molecule has 0 spiro atoms. The highest BCUT2D eigenvalue weighted by molar-refractivity contribution is 7.90. The van der Waals surface area contributed by atoms with Crippen molar-refractivity contribution < 1.29 is 17.9 Å². The lowest BCUT2D eigenvalue weighted by molar-refractivity contribution is 0.174. The average Bonchev–Trinajstić information content (AvgIpc) is 2.73. The Hall–Kier alpha value is -1.27. The summed E-state index contributed by atoms with van der Waals surface area (Å²) >= 11 is 0. The molecule has 1 unspecified atom stereocenters. The van der Waals surface area contributed by atoms with Crippen LogP contribution in [0.2, 0.25) is 0 Å². The highest BCUT2D eigenvalue weighted by atomic mass is 32.2. The lowest BCUT2D eigenvalue weighted by Crippen LogP contribution is -2.27. The monoisotopic (exact) mass is 271 g/mol. The van der Waals surface area contributed by atoms with Gasteiger partial charge in [-0.2, -0.15) is 0 Å². The Morgan fingerprint density at radius 1 is 1.33 bits per heavy atom. The van der Waals surface area contributed by atoms with Gasteiger partial charge in [0, 0.05) is 12.3 Å². The van der Waals surface area contributed by atoms with Crippen molar-refractivity contribution in [2.45, 2.75) is 13.0 Å². The third kappa shape index (κ3) is 3.14. The molecule has 0 radical (unpaired) electrons. The fourth-order valence-corrected chi connectivity index (χ4v) is 2.87. The standard InChI is InChI=1S/C12H17NO4S/c1-3-13-10(7-18(2,14)15)9-4-5-11-12(6-9)17-8-16-11/h4-6,10,13H,3,7-8H2,1-2H3. The van der Waals surface area contributed by atoms with E-state index in [1.807, 2.05) is 25.1 Å². The Bertz CT molecular complexity index is 527. The maximum Gasteiger partial charge on any atom is 0.231 e. The fourth-order valence-electron chi connectivity index (χ4n) is 1.95. The normalized spacial score (nSPS) is 15.7. The van der Waals surface area contributed by atoms with Crippen LogP contribution in [0.5, 0.6) is 11.5 Å². The summed E-state index contributed by atoms with van der Waals surface area (Å²) in [5, 5.41) is 3.17. The summed E-state index contributed by atoms with van der Waals surface area (Å²) in [7, 11) is -3.04. The molecule has 100 valence electrons. The van der Waals surface area contributed by atoms with Gasteiger partial charge in [-0.15, -0.1) is 0 Å². The summed E-state index contributed by atoms with van der Waals surface area (Å²) < 4.78 is 33.4. The number of rotatable bonds is 5. The second-order valence-corrected chi connectivity index (χ2v) is 6.50. The lowest BCUT2D eigenvalue weighted by atomic mass is 10.1. The van der Waals surface area contributed by atoms with Gasteiger partial charge in [-0.1, -0.05) is 13.0 Å². The van der Waals surface area contributed by atoms with Crippen LogP contribution in [0.4, 0.5) is 0 Å². The maximum absolute atomic E-state index is 11.4. The van der Waals surface area contributed by atoms with Crippen LogP contribution in [0, 0.1) is 0 Å². The van der Waals surface area contributed by atoms with Gasteiger partial charge in [0.05, 0.1) is 5.75 Å². The van der Waals surface area contributed by atoms with Crippen LogP contribution in [-0.2, 0) is 9.84 Å². The molecule has 0 saturated carbocycles. The van der Waals surface area contributed by atoms with Gasteiger partial charge in [0.25, 0.3) is 0 Å². The smallest absolute Gasteiger partial charge is 0.231 e. The Morgan fingerprint density at radius 2 is 2.06 bits per heavy atom. The second-order valence-electron chi connectivity index (χ2n) is 4.32. The van der Waals surface area contributed by atoms with E-state index in [-0.39, 0.29) is 18.6 Å². The zero-order valence-corrected chi connectivity index (χ0v) is 11.3. The van der Waals surface area contributed by atoms with Crippen molar-refractivity contribution >= 4 is 9.84 Å². The SMILES string of the molecule is CCNC(CS(C)(=O)=O)c1ccc2c(c1)OCO2. The molecular weight excluding hydrogens is 254 g/mol. The topological polar surface area (TPSA) is 64.6 Å². The van der Waals surface area contributed by atoms with Crippen LogP contribution in [0.25, 0.3) is 0 Å². The molecule has 5 nitrogen and oxygen atoms in total. The summed E-state index contributed by atoms with van der Waals surface area (Å²) in [5.41, 5.74) is 0.895. The van der Waals surface area contributed by atoms with E-state index in [1.54, 1.807) is 0 Å². The number of hydrogen-bond donors (Lipinski definition) is 1. The lowest BCUT2D eigenvalue weighted by Gasteiger charge is -2.17. The number of sulfone groups is 1. The zero-order valence-electron chi connectivity index (χ0n) is 10.5. The van der Waals surface area contributed by atoms with Crippen LogP contribution < -0.4 is 14.8 Å². The summed E-state index contributed by atoms with van der Waals surface area (Å²) in [4.78, 5) is 0. The number of nitrogens with one attached hydrogen (secondary N) is 1. The van der Waals surface area contributed by atoms with E-state index >= 15 is 0 Å². The van der Waals surface area contributed by atoms with Gasteiger partial charge in [-0.3, -0.25) is 0 Å². The van der Waals surface area contributed by atoms with Crippen LogP contribution in [0.1, 0.15) is 18.5 Å². The van der Waals surface area contributed by atoms with Crippen molar-refractivity contribution in [3.8, 4) is 11.5 Å². The maximum atomic E-state index is 11.4. The van der Waals surface area contributed by atoms with Gasteiger partial charge < -0.3 is 14.8 Å². The predicted molar refractivity (Wildman–Crippen MR) is 68.7 cm³/mol. The van der Waals surface area contributed by atoms with E-state index in [1.165, 1.54) is 6.26 Å². The minimum absolute atomic E-state index is 0.0699. The highest BCUT2D eigenvalue weighted by Gasteiger charge is 2.20. The van der Waals surface area contributed by atoms with Gasteiger partial charge >= 0.3 is 0 Å². The van der Waals surface area contributed by atoms with Crippen LogP contribution >= 0.6 is 0 Å². The Balaban J connectivity index is 2.25. The van der Waals surface area contributed by atoms with Gasteiger partial charge in [-0.25, -0.2) is 8.42 Å². The van der Waals surface area contributed by atoms with Gasteiger partial charge in [0.2, 0.25) is 6.79 Å². The molecule has 1 aromatic rings. The molecule has 2 rings (SSSR count). The van der Waals surface area contributed by atoms with Crippen molar-refractivity contribution in [3.63, 3.8) is 0 Å². The molecule has 1 aromatic carbocycles. The van der Waals surface area contributed by atoms with Crippen LogP contribution in [0.3, 0.4) is 0 Å². The number of benzene rings is 1. The second kappa shape index (κ2) is 5.16. The average molecular weight is 271 g/mol. The summed E-state index contributed by atoms with van der Waals surface area (Å²) in [6, 6.07) is 5.29. The Labute approximate surface area is 107 Å². The molecule has 1 N–H and O–H groups in total. The molecule has 1 heterocycles.